The summed E-state index contributed by atoms with van der Waals surface area (Å²) in [6.45, 7) is 0. The molecule has 0 saturated heterocycles. The van der Waals surface area contributed by atoms with E-state index in [1.165, 1.54) is 6.20 Å². The Labute approximate surface area is 155 Å². The molecule has 0 aliphatic carbocycles. The SMILES string of the molecule is N#Cc1nc(-c2nnc(-c3ccccc3)c[n+]2[O-])ccc1-c1ccccc1. The molecule has 27 heavy (non-hydrogen) atoms. The van der Waals surface area contributed by atoms with Crippen LogP contribution >= 0.6 is 0 Å². The normalized spacial score (nSPS) is 10.3. The van der Waals surface area contributed by atoms with Gasteiger partial charge in [0, 0.05) is 11.1 Å². The summed E-state index contributed by atoms with van der Waals surface area (Å²) >= 11 is 0. The summed E-state index contributed by atoms with van der Waals surface area (Å²) in [5.41, 5.74) is 3.38. The first-order chi connectivity index (χ1) is 13.3. The molecule has 0 amide bonds. The van der Waals surface area contributed by atoms with Gasteiger partial charge in [-0.2, -0.15) is 5.26 Å². The lowest BCUT2D eigenvalue weighted by Crippen LogP contribution is -2.31. The molecule has 2 aromatic heterocycles. The van der Waals surface area contributed by atoms with Crippen LogP contribution in [0.25, 0.3) is 33.9 Å². The van der Waals surface area contributed by atoms with E-state index in [0.717, 1.165) is 11.1 Å². The number of hydrogen-bond donors (Lipinski definition) is 0. The molecule has 4 aromatic rings. The van der Waals surface area contributed by atoms with E-state index in [1.54, 1.807) is 12.1 Å². The lowest BCUT2D eigenvalue weighted by atomic mass is 10.0. The fourth-order valence-corrected chi connectivity index (χ4v) is 2.77. The summed E-state index contributed by atoms with van der Waals surface area (Å²) in [5, 5.41) is 30.1. The molecular formula is C21H13N5O. The van der Waals surface area contributed by atoms with Gasteiger partial charge in [-0.25, -0.2) is 9.71 Å². The predicted octanol–water partition coefficient (Wildman–Crippen LogP) is 3.38. The van der Waals surface area contributed by atoms with Gasteiger partial charge < -0.3 is 5.21 Å². The lowest BCUT2D eigenvalue weighted by molar-refractivity contribution is -0.597. The van der Waals surface area contributed by atoms with Crippen molar-refractivity contribution in [3.8, 4) is 40.0 Å². The molecule has 2 heterocycles. The van der Waals surface area contributed by atoms with Gasteiger partial charge in [-0.05, 0) is 22.8 Å². The smallest absolute Gasteiger partial charge is 0.379 e. The standard InChI is InChI=1S/C21H13N5O/c22-13-19-17(15-7-3-1-4-8-15)11-12-18(23-19)21-25-24-20(14-26(21)27)16-9-5-2-6-10-16/h1-12,14H. The van der Waals surface area contributed by atoms with E-state index in [0.29, 0.717) is 21.7 Å². The molecular weight excluding hydrogens is 338 g/mol. The molecule has 6 heteroatoms. The van der Waals surface area contributed by atoms with Crippen molar-refractivity contribution in [1.82, 2.24) is 15.2 Å². The monoisotopic (exact) mass is 351 g/mol. The second kappa shape index (κ2) is 7.02. The number of rotatable bonds is 3. The number of benzene rings is 2. The van der Waals surface area contributed by atoms with Gasteiger partial charge in [0.05, 0.1) is 5.10 Å². The number of nitrogens with zero attached hydrogens (tertiary/aromatic N) is 5. The third-order valence-corrected chi connectivity index (χ3v) is 4.09. The first-order valence-corrected chi connectivity index (χ1v) is 8.25. The maximum Gasteiger partial charge on any atom is 0.379 e. The zero-order valence-electron chi connectivity index (χ0n) is 14.1. The fraction of sp³-hybridized carbons (Fsp3) is 0. The predicted molar refractivity (Wildman–Crippen MR) is 99.8 cm³/mol. The number of nitriles is 1. The molecule has 0 atom stereocenters. The molecule has 0 bridgehead atoms. The minimum Gasteiger partial charge on any atom is -0.710 e. The highest BCUT2D eigenvalue weighted by Crippen LogP contribution is 2.24. The van der Waals surface area contributed by atoms with E-state index < -0.39 is 0 Å². The van der Waals surface area contributed by atoms with Gasteiger partial charge in [-0.3, -0.25) is 0 Å². The zero-order valence-corrected chi connectivity index (χ0v) is 14.1. The minimum atomic E-state index is 0.0470. The van der Waals surface area contributed by atoms with E-state index in [-0.39, 0.29) is 11.5 Å². The van der Waals surface area contributed by atoms with Crippen molar-refractivity contribution in [1.29, 1.82) is 5.26 Å². The molecule has 4 rings (SSSR count). The molecule has 0 aliphatic rings. The zero-order chi connectivity index (χ0) is 18.6. The minimum absolute atomic E-state index is 0.0470. The van der Waals surface area contributed by atoms with E-state index in [9.17, 15) is 10.5 Å². The Morgan fingerprint density at radius 3 is 2.07 bits per heavy atom. The van der Waals surface area contributed by atoms with Crippen molar-refractivity contribution in [2.45, 2.75) is 0 Å². The van der Waals surface area contributed by atoms with Crippen molar-refractivity contribution in [2.24, 2.45) is 0 Å². The van der Waals surface area contributed by atoms with E-state index >= 15 is 0 Å². The highest BCUT2D eigenvalue weighted by atomic mass is 16.5. The Kier molecular flexibility index (Phi) is 4.25. The Morgan fingerprint density at radius 2 is 1.44 bits per heavy atom. The van der Waals surface area contributed by atoms with E-state index in [4.69, 9.17) is 0 Å². The van der Waals surface area contributed by atoms with Crippen LogP contribution in [0.3, 0.4) is 0 Å². The Bertz CT molecular complexity index is 1140. The summed E-state index contributed by atoms with van der Waals surface area (Å²) in [5.74, 6) is 0.0470. The molecule has 0 fully saturated rings. The first-order valence-electron chi connectivity index (χ1n) is 8.25. The molecule has 0 unspecified atom stereocenters. The van der Waals surface area contributed by atoms with E-state index in [1.807, 2.05) is 60.7 Å². The lowest BCUT2D eigenvalue weighted by Gasteiger charge is -2.08. The third kappa shape index (κ3) is 3.22. The van der Waals surface area contributed by atoms with Gasteiger partial charge in [0.1, 0.15) is 18.0 Å². The van der Waals surface area contributed by atoms with Crippen LogP contribution in [0.15, 0.2) is 79.0 Å². The molecule has 0 aliphatic heterocycles. The van der Waals surface area contributed by atoms with Crippen molar-refractivity contribution in [3.05, 3.63) is 89.9 Å². The average molecular weight is 351 g/mol. The van der Waals surface area contributed by atoms with E-state index in [2.05, 4.69) is 21.3 Å². The van der Waals surface area contributed by atoms with Crippen LogP contribution in [0.2, 0.25) is 0 Å². The van der Waals surface area contributed by atoms with Gasteiger partial charge in [0.2, 0.25) is 0 Å². The summed E-state index contributed by atoms with van der Waals surface area (Å²) in [6.07, 6.45) is 1.36. The van der Waals surface area contributed by atoms with Gasteiger partial charge in [-0.15, -0.1) is 0 Å². The van der Waals surface area contributed by atoms with Gasteiger partial charge in [-0.1, -0.05) is 60.7 Å². The number of aromatic nitrogens is 4. The summed E-state index contributed by atoms with van der Waals surface area (Å²) in [4.78, 5) is 4.32. The second-order valence-corrected chi connectivity index (χ2v) is 5.80. The largest absolute Gasteiger partial charge is 0.710 e. The van der Waals surface area contributed by atoms with Crippen molar-refractivity contribution < 1.29 is 4.73 Å². The van der Waals surface area contributed by atoms with Crippen molar-refractivity contribution in [2.75, 3.05) is 0 Å². The second-order valence-electron chi connectivity index (χ2n) is 5.80. The van der Waals surface area contributed by atoms with Crippen LogP contribution < -0.4 is 4.73 Å². The third-order valence-electron chi connectivity index (χ3n) is 4.09. The van der Waals surface area contributed by atoms with Crippen LogP contribution in [0.5, 0.6) is 0 Å². The molecule has 0 spiro atoms. The number of pyridine rings is 1. The van der Waals surface area contributed by atoms with Crippen molar-refractivity contribution in [3.63, 3.8) is 0 Å². The summed E-state index contributed by atoms with van der Waals surface area (Å²) in [7, 11) is 0. The quantitative estimate of drug-likeness (QED) is 0.417. The first kappa shape index (κ1) is 16.4. The maximum absolute atomic E-state index is 12.5. The van der Waals surface area contributed by atoms with Crippen LogP contribution in [0, 0.1) is 16.5 Å². The fourth-order valence-electron chi connectivity index (χ4n) is 2.77. The molecule has 0 radical (unpaired) electrons. The Morgan fingerprint density at radius 1 is 0.778 bits per heavy atom. The number of hydrogen-bond acceptors (Lipinski definition) is 5. The summed E-state index contributed by atoms with van der Waals surface area (Å²) in [6, 6.07) is 24.3. The Hall–Kier alpha value is -4.11. The molecule has 128 valence electrons. The summed E-state index contributed by atoms with van der Waals surface area (Å²) < 4.78 is 0.626. The highest BCUT2D eigenvalue weighted by molar-refractivity contribution is 5.70. The van der Waals surface area contributed by atoms with Crippen LogP contribution in [0.1, 0.15) is 5.69 Å². The van der Waals surface area contributed by atoms with Gasteiger partial charge in [0.15, 0.2) is 11.4 Å². The molecule has 6 nitrogen and oxygen atoms in total. The van der Waals surface area contributed by atoms with Gasteiger partial charge in [0.25, 0.3) is 0 Å². The topological polar surface area (TPSA) is 89.4 Å². The highest BCUT2D eigenvalue weighted by Gasteiger charge is 2.18. The maximum atomic E-state index is 12.5. The molecule has 0 N–H and O–H groups in total. The van der Waals surface area contributed by atoms with Crippen molar-refractivity contribution >= 4 is 0 Å². The van der Waals surface area contributed by atoms with Crippen LogP contribution in [-0.4, -0.2) is 15.2 Å². The van der Waals surface area contributed by atoms with Crippen LogP contribution in [-0.2, 0) is 0 Å². The Balaban J connectivity index is 1.75. The molecule has 2 aromatic carbocycles. The van der Waals surface area contributed by atoms with Gasteiger partial charge >= 0.3 is 5.82 Å². The van der Waals surface area contributed by atoms with Crippen LogP contribution in [0.4, 0.5) is 0 Å². The average Bonchev–Trinajstić information content (AvgIpc) is 2.74. The molecule has 0 saturated carbocycles.